The van der Waals surface area contributed by atoms with Crippen molar-refractivity contribution >= 4 is 17.5 Å². The number of benzene rings is 2. The molecule has 0 saturated heterocycles. The van der Waals surface area contributed by atoms with Crippen molar-refractivity contribution in [3.63, 3.8) is 0 Å². The standard InChI is InChI=1S/C18H19FN2O2/c1-3-12(2)20-17(22)13-7-6-8-14(11-13)21-18(23)15-9-4-5-10-16(15)19/h4-12H,3H2,1-2H3,(H,20,22)(H,21,23)/t12-/m0/s1. The number of hydrogen-bond acceptors (Lipinski definition) is 2. The summed E-state index contributed by atoms with van der Waals surface area (Å²) in [6.07, 6.45) is 0.829. The van der Waals surface area contributed by atoms with Gasteiger partial charge in [0, 0.05) is 17.3 Å². The first-order valence-electron chi connectivity index (χ1n) is 7.48. The van der Waals surface area contributed by atoms with E-state index in [2.05, 4.69) is 10.6 Å². The molecule has 23 heavy (non-hydrogen) atoms. The maximum absolute atomic E-state index is 13.6. The number of nitrogens with one attached hydrogen (secondary N) is 2. The lowest BCUT2D eigenvalue weighted by Gasteiger charge is -2.12. The van der Waals surface area contributed by atoms with Gasteiger partial charge in [-0.3, -0.25) is 9.59 Å². The highest BCUT2D eigenvalue weighted by Crippen LogP contribution is 2.14. The fourth-order valence-electron chi connectivity index (χ4n) is 1.99. The largest absolute Gasteiger partial charge is 0.350 e. The predicted octanol–water partition coefficient (Wildman–Crippen LogP) is 3.61. The van der Waals surface area contributed by atoms with Gasteiger partial charge in [0.25, 0.3) is 11.8 Å². The molecule has 1 atom stereocenters. The SMILES string of the molecule is CC[C@H](C)NC(=O)c1cccc(NC(=O)c2ccccc2F)c1. The summed E-state index contributed by atoms with van der Waals surface area (Å²) in [7, 11) is 0. The fraction of sp³-hybridized carbons (Fsp3) is 0.222. The Labute approximate surface area is 134 Å². The van der Waals surface area contributed by atoms with Crippen molar-refractivity contribution in [2.45, 2.75) is 26.3 Å². The summed E-state index contributed by atoms with van der Waals surface area (Å²) in [4.78, 5) is 24.2. The summed E-state index contributed by atoms with van der Waals surface area (Å²) in [5.74, 6) is -1.35. The van der Waals surface area contributed by atoms with Crippen molar-refractivity contribution < 1.29 is 14.0 Å². The highest BCUT2D eigenvalue weighted by atomic mass is 19.1. The molecule has 2 rings (SSSR count). The molecule has 0 fully saturated rings. The molecule has 0 saturated carbocycles. The number of hydrogen-bond donors (Lipinski definition) is 2. The highest BCUT2D eigenvalue weighted by molar-refractivity contribution is 6.05. The first kappa shape index (κ1) is 16.7. The van der Waals surface area contributed by atoms with E-state index in [1.165, 1.54) is 18.2 Å². The minimum Gasteiger partial charge on any atom is -0.350 e. The monoisotopic (exact) mass is 314 g/mol. The van der Waals surface area contributed by atoms with E-state index in [4.69, 9.17) is 0 Å². The average Bonchev–Trinajstić information content (AvgIpc) is 2.55. The predicted molar refractivity (Wildman–Crippen MR) is 88.0 cm³/mol. The Morgan fingerprint density at radius 3 is 2.52 bits per heavy atom. The lowest BCUT2D eigenvalue weighted by molar-refractivity contribution is 0.0938. The van der Waals surface area contributed by atoms with Crippen LogP contribution in [0.5, 0.6) is 0 Å². The smallest absolute Gasteiger partial charge is 0.258 e. The molecule has 2 N–H and O–H groups in total. The Morgan fingerprint density at radius 2 is 1.83 bits per heavy atom. The summed E-state index contributed by atoms with van der Waals surface area (Å²) in [6, 6.07) is 12.4. The molecule has 0 aromatic heterocycles. The van der Waals surface area contributed by atoms with Crippen molar-refractivity contribution in [3.8, 4) is 0 Å². The molecule has 5 heteroatoms. The zero-order chi connectivity index (χ0) is 16.8. The van der Waals surface area contributed by atoms with Crippen LogP contribution in [0.3, 0.4) is 0 Å². The Hall–Kier alpha value is -2.69. The van der Waals surface area contributed by atoms with Gasteiger partial charge in [-0.05, 0) is 43.7 Å². The maximum atomic E-state index is 13.6. The van der Waals surface area contributed by atoms with E-state index in [0.717, 1.165) is 6.42 Å². The molecule has 0 radical (unpaired) electrons. The van der Waals surface area contributed by atoms with Gasteiger partial charge in [-0.25, -0.2) is 4.39 Å². The molecule has 120 valence electrons. The van der Waals surface area contributed by atoms with Crippen LogP contribution in [0.25, 0.3) is 0 Å². The molecular formula is C18H19FN2O2. The van der Waals surface area contributed by atoms with Gasteiger partial charge in [-0.1, -0.05) is 25.1 Å². The summed E-state index contributed by atoms with van der Waals surface area (Å²) in [5.41, 5.74) is 0.841. The zero-order valence-corrected chi connectivity index (χ0v) is 13.1. The van der Waals surface area contributed by atoms with Gasteiger partial charge in [0.15, 0.2) is 0 Å². The normalized spacial score (nSPS) is 11.6. The molecule has 0 heterocycles. The van der Waals surface area contributed by atoms with Gasteiger partial charge in [0.05, 0.1) is 5.56 Å². The molecule has 0 aliphatic heterocycles. The van der Waals surface area contributed by atoms with E-state index in [-0.39, 0.29) is 17.5 Å². The molecular weight excluding hydrogens is 295 g/mol. The maximum Gasteiger partial charge on any atom is 0.258 e. The minimum absolute atomic E-state index is 0.0399. The van der Waals surface area contributed by atoms with Crippen LogP contribution >= 0.6 is 0 Å². The second-order valence-electron chi connectivity index (χ2n) is 5.30. The van der Waals surface area contributed by atoms with Crippen LogP contribution in [0, 0.1) is 5.82 Å². The Balaban J connectivity index is 2.13. The lowest BCUT2D eigenvalue weighted by atomic mass is 10.1. The topological polar surface area (TPSA) is 58.2 Å². The molecule has 2 aromatic rings. The van der Waals surface area contributed by atoms with Crippen molar-refractivity contribution in [2.75, 3.05) is 5.32 Å². The number of carbonyl (C=O) groups excluding carboxylic acids is 2. The number of amides is 2. The molecule has 0 aliphatic rings. The van der Waals surface area contributed by atoms with Gasteiger partial charge in [-0.2, -0.15) is 0 Å². The van der Waals surface area contributed by atoms with Gasteiger partial charge in [0.1, 0.15) is 5.82 Å². The Bertz CT molecular complexity index is 716. The van der Waals surface area contributed by atoms with E-state index in [1.807, 2.05) is 13.8 Å². The molecule has 0 bridgehead atoms. The molecule has 0 spiro atoms. The van der Waals surface area contributed by atoms with Crippen LogP contribution in [0.4, 0.5) is 10.1 Å². The van der Waals surface area contributed by atoms with Crippen LogP contribution in [0.2, 0.25) is 0 Å². The Kier molecular flexibility index (Phi) is 5.46. The number of halogens is 1. The minimum atomic E-state index is -0.587. The van der Waals surface area contributed by atoms with Crippen molar-refractivity contribution in [1.82, 2.24) is 5.32 Å². The third-order valence-electron chi connectivity index (χ3n) is 3.49. The van der Waals surface area contributed by atoms with Crippen LogP contribution in [0.1, 0.15) is 41.0 Å². The van der Waals surface area contributed by atoms with Crippen LogP contribution in [-0.4, -0.2) is 17.9 Å². The van der Waals surface area contributed by atoms with Crippen molar-refractivity contribution in [3.05, 3.63) is 65.5 Å². The number of carbonyl (C=O) groups is 2. The van der Waals surface area contributed by atoms with E-state index < -0.39 is 11.7 Å². The molecule has 0 unspecified atom stereocenters. The summed E-state index contributed by atoms with van der Waals surface area (Å²) >= 11 is 0. The molecule has 2 amide bonds. The molecule has 0 aliphatic carbocycles. The van der Waals surface area contributed by atoms with E-state index in [0.29, 0.717) is 11.3 Å². The third-order valence-corrected chi connectivity index (χ3v) is 3.49. The van der Waals surface area contributed by atoms with E-state index in [1.54, 1.807) is 30.3 Å². The first-order chi connectivity index (χ1) is 11.0. The van der Waals surface area contributed by atoms with Gasteiger partial charge in [-0.15, -0.1) is 0 Å². The summed E-state index contributed by atoms with van der Waals surface area (Å²) in [6.45, 7) is 3.90. The van der Waals surface area contributed by atoms with Gasteiger partial charge in [0.2, 0.25) is 0 Å². The second-order valence-corrected chi connectivity index (χ2v) is 5.30. The quantitative estimate of drug-likeness (QED) is 0.886. The number of rotatable bonds is 5. The first-order valence-corrected chi connectivity index (χ1v) is 7.48. The van der Waals surface area contributed by atoms with Crippen LogP contribution in [-0.2, 0) is 0 Å². The lowest BCUT2D eigenvalue weighted by Crippen LogP contribution is -2.31. The average molecular weight is 314 g/mol. The third kappa shape index (κ3) is 4.39. The number of anilines is 1. The molecule has 2 aromatic carbocycles. The zero-order valence-electron chi connectivity index (χ0n) is 13.1. The van der Waals surface area contributed by atoms with Crippen LogP contribution in [0.15, 0.2) is 48.5 Å². The fourth-order valence-corrected chi connectivity index (χ4v) is 1.99. The summed E-state index contributed by atoms with van der Waals surface area (Å²) < 4.78 is 13.6. The van der Waals surface area contributed by atoms with Crippen LogP contribution < -0.4 is 10.6 Å². The van der Waals surface area contributed by atoms with Crippen molar-refractivity contribution in [2.24, 2.45) is 0 Å². The molecule has 4 nitrogen and oxygen atoms in total. The van der Waals surface area contributed by atoms with E-state index >= 15 is 0 Å². The second kappa shape index (κ2) is 7.54. The van der Waals surface area contributed by atoms with E-state index in [9.17, 15) is 14.0 Å². The van der Waals surface area contributed by atoms with Gasteiger partial charge < -0.3 is 10.6 Å². The van der Waals surface area contributed by atoms with Crippen molar-refractivity contribution in [1.29, 1.82) is 0 Å². The Morgan fingerprint density at radius 1 is 1.09 bits per heavy atom. The summed E-state index contributed by atoms with van der Waals surface area (Å²) in [5, 5.41) is 5.46. The highest BCUT2D eigenvalue weighted by Gasteiger charge is 2.13. The van der Waals surface area contributed by atoms with Gasteiger partial charge >= 0.3 is 0 Å².